The number of benzene rings is 1. The summed E-state index contributed by atoms with van der Waals surface area (Å²) in [5.74, 6) is 0.328. The van der Waals surface area contributed by atoms with Crippen LogP contribution in [0.4, 0.5) is 0 Å². The van der Waals surface area contributed by atoms with Gasteiger partial charge in [0.25, 0.3) is 0 Å². The molecule has 0 spiro atoms. The van der Waals surface area contributed by atoms with E-state index in [0.717, 1.165) is 10.2 Å². The predicted molar refractivity (Wildman–Crippen MR) is 86.7 cm³/mol. The van der Waals surface area contributed by atoms with Crippen LogP contribution in [0.3, 0.4) is 0 Å². The first kappa shape index (κ1) is 15.7. The highest BCUT2D eigenvalue weighted by Crippen LogP contribution is 2.26. The monoisotopic (exact) mass is 373 g/mol. The van der Waals surface area contributed by atoms with Gasteiger partial charge in [-0.15, -0.1) is 11.3 Å². The molecule has 0 saturated carbocycles. The molecule has 1 aromatic carbocycles. The standard InChI is InChI=1S/C14H16BrNO2S2/c1-11(12-5-3-2-4-6-12)9-10-16-20(17,18)14-8-7-13(15)19-14/h2-8,11,16H,9-10H2,1H3. The molecule has 6 heteroatoms. The smallest absolute Gasteiger partial charge is 0.210 e. The van der Waals surface area contributed by atoms with Crippen LogP contribution in [-0.4, -0.2) is 15.0 Å². The predicted octanol–water partition coefficient (Wildman–Crippen LogP) is 3.98. The lowest BCUT2D eigenvalue weighted by Crippen LogP contribution is -2.24. The highest BCUT2D eigenvalue weighted by Gasteiger charge is 2.16. The summed E-state index contributed by atoms with van der Waals surface area (Å²) in [4.78, 5) is 0. The van der Waals surface area contributed by atoms with Crippen molar-refractivity contribution in [2.75, 3.05) is 6.54 Å². The van der Waals surface area contributed by atoms with Crippen LogP contribution in [0.15, 0.2) is 50.5 Å². The Balaban J connectivity index is 1.90. The largest absolute Gasteiger partial charge is 0.250 e. The second-order valence-electron chi connectivity index (χ2n) is 4.56. The first-order chi connectivity index (χ1) is 9.49. The highest BCUT2D eigenvalue weighted by atomic mass is 79.9. The molecule has 0 aliphatic rings. The lowest BCUT2D eigenvalue weighted by atomic mass is 9.98. The number of hydrogen-bond donors (Lipinski definition) is 1. The summed E-state index contributed by atoms with van der Waals surface area (Å²) in [5.41, 5.74) is 1.23. The van der Waals surface area contributed by atoms with Gasteiger partial charge in [-0.2, -0.15) is 0 Å². The third kappa shape index (κ3) is 4.15. The zero-order valence-electron chi connectivity index (χ0n) is 11.0. The van der Waals surface area contributed by atoms with Gasteiger partial charge in [-0.1, -0.05) is 37.3 Å². The molecule has 0 bridgehead atoms. The van der Waals surface area contributed by atoms with Gasteiger partial charge in [-0.05, 0) is 46.0 Å². The molecule has 3 nitrogen and oxygen atoms in total. The summed E-state index contributed by atoms with van der Waals surface area (Å²) in [7, 11) is -3.38. The maximum atomic E-state index is 12.0. The Bertz CT molecular complexity index is 653. The second-order valence-corrected chi connectivity index (χ2v) is 9.01. The summed E-state index contributed by atoms with van der Waals surface area (Å²) in [5, 5.41) is 0. The number of hydrogen-bond acceptors (Lipinski definition) is 3. The first-order valence-electron chi connectivity index (χ1n) is 6.29. The van der Waals surface area contributed by atoms with Crippen LogP contribution in [-0.2, 0) is 10.0 Å². The summed E-state index contributed by atoms with van der Waals surface area (Å²) < 4.78 is 27.9. The summed E-state index contributed by atoms with van der Waals surface area (Å²) in [6.45, 7) is 2.54. The second kappa shape index (κ2) is 6.85. The maximum absolute atomic E-state index is 12.0. The van der Waals surface area contributed by atoms with E-state index < -0.39 is 10.0 Å². The SMILES string of the molecule is CC(CCNS(=O)(=O)c1ccc(Br)s1)c1ccccc1. The van der Waals surface area contributed by atoms with E-state index in [2.05, 4.69) is 39.7 Å². The van der Waals surface area contributed by atoms with Crippen molar-refractivity contribution in [3.05, 3.63) is 51.8 Å². The van der Waals surface area contributed by atoms with Gasteiger partial charge in [0.05, 0.1) is 3.79 Å². The molecule has 2 rings (SSSR count). The molecule has 0 saturated heterocycles. The van der Waals surface area contributed by atoms with Crippen molar-refractivity contribution in [1.29, 1.82) is 0 Å². The van der Waals surface area contributed by atoms with Crippen molar-refractivity contribution in [3.63, 3.8) is 0 Å². The van der Waals surface area contributed by atoms with Gasteiger partial charge in [-0.3, -0.25) is 0 Å². The Morgan fingerprint density at radius 3 is 2.50 bits per heavy atom. The van der Waals surface area contributed by atoms with Gasteiger partial charge in [0.15, 0.2) is 0 Å². The Kier molecular flexibility index (Phi) is 5.37. The fraction of sp³-hybridized carbons (Fsp3) is 0.286. The van der Waals surface area contributed by atoms with E-state index in [-0.39, 0.29) is 0 Å². The van der Waals surface area contributed by atoms with Crippen LogP contribution in [0, 0.1) is 0 Å². The zero-order chi connectivity index (χ0) is 14.6. The summed E-state index contributed by atoms with van der Waals surface area (Å²) in [6.07, 6.45) is 0.774. The Hall–Kier alpha value is -0.690. The normalized spacial score (nSPS) is 13.3. The zero-order valence-corrected chi connectivity index (χ0v) is 14.3. The number of sulfonamides is 1. The minimum Gasteiger partial charge on any atom is -0.210 e. The lowest BCUT2D eigenvalue weighted by molar-refractivity contribution is 0.574. The van der Waals surface area contributed by atoms with Gasteiger partial charge in [0.2, 0.25) is 10.0 Å². The third-order valence-corrected chi connectivity index (χ3v) is 6.63. The average Bonchev–Trinajstić information content (AvgIpc) is 2.87. The molecule has 0 radical (unpaired) electrons. The van der Waals surface area contributed by atoms with Gasteiger partial charge in [0.1, 0.15) is 4.21 Å². The average molecular weight is 374 g/mol. The lowest BCUT2D eigenvalue weighted by Gasteiger charge is -2.12. The van der Waals surface area contributed by atoms with Crippen molar-refractivity contribution in [2.24, 2.45) is 0 Å². The van der Waals surface area contributed by atoms with Crippen LogP contribution in [0.1, 0.15) is 24.8 Å². The van der Waals surface area contributed by atoms with Crippen molar-refractivity contribution >= 4 is 37.3 Å². The van der Waals surface area contributed by atoms with E-state index in [1.54, 1.807) is 12.1 Å². The number of rotatable bonds is 6. The summed E-state index contributed by atoms with van der Waals surface area (Å²) >= 11 is 4.49. The highest BCUT2D eigenvalue weighted by molar-refractivity contribution is 9.11. The van der Waals surface area contributed by atoms with Crippen molar-refractivity contribution in [3.8, 4) is 0 Å². The van der Waals surface area contributed by atoms with E-state index in [1.165, 1.54) is 16.9 Å². The molecule has 20 heavy (non-hydrogen) atoms. The van der Waals surface area contributed by atoms with Crippen molar-refractivity contribution in [1.82, 2.24) is 4.72 Å². The van der Waals surface area contributed by atoms with E-state index >= 15 is 0 Å². The third-order valence-electron chi connectivity index (χ3n) is 3.05. The minimum atomic E-state index is -3.38. The Morgan fingerprint density at radius 1 is 1.20 bits per heavy atom. The van der Waals surface area contributed by atoms with E-state index in [9.17, 15) is 8.42 Å². The molecule has 1 N–H and O–H groups in total. The van der Waals surface area contributed by atoms with Crippen LogP contribution in [0.2, 0.25) is 0 Å². The molecular weight excluding hydrogens is 358 g/mol. The van der Waals surface area contributed by atoms with Gasteiger partial charge < -0.3 is 0 Å². The number of halogens is 1. The molecule has 1 atom stereocenters. The topological polar surface area (TPSA) is 46.2 Å². The number of nitrogens with one attached hydrogen (secondary N) is 1. The Morgan fingerprint density at radius 2 is 1.90 bits per heavy atom. The molecule has 0 amide bonds. The van der Waals surface area contributed by atoms with Crippen LogP contribution in [0.5, 0.6) is 0 Å². The molecule has 0 fully saturated rings. The summed E-state index contributed by atoms with van der Waals surface area (Å²) in [6, 6.07) is 13.5. The molecule has 0 aliphatic heterocycles. The van der Waals surface area contributed by atoms with E-state index in [0.29, 0.717) is 16.7 Å². The number of thiophene rings is 1. The van der Waals surface area contributed by atoms with Crippen LogP contribution in [0.25, 0.3) is 0 Å². The van der Waals surface area contributed by atoms with Crippen molar-refractivity contribution < 1.29 is 8.42 Å². The van der Waals surface area contributed by atoms with Gasteiger partial charge in [0, 0.05) is 6.54 Å². The van der Waals surface area contributed by atoms with E-state index in [4.69, 9.17) is 0 Å². The fourth-order valence-corrected chi connectivity index (χ4v) is 4.97. The molecule has 1 heterocycles. The molecular formula is C14H16BrNO2S2. The van der Waals surface area contributed by atoms with Gasteiger partial charge >= 0.3 is 0 Å². The first-order valence-corrected chi connectivity index (χ1v) is 9.38. The van der Waals surface area contributed by atoms with Gasteiger partial charge in [-0.25, -0.2) is 13.1 Å². The molecule has 2 aromatic rings. The maximum Gasteiger partial charge on any atom is 0.250 e. The molecule has 1 aromatic heterocycles. The minimum absolute atomic E-state index is 0.328. The van der Waals surface area contributed by atoms with Crippen molar-refractivity contribution in [2.45, 2.75) is 23.5 Å². The fourth-order valence-electron chi connectivity index (χ4n) is 1.87. The molecule has 0 aliphatic carbocycles. The molecule has 1 unspecified atom stereocenters. The quantitative estimate of drug-likeness (QED) is 0.831. The van der Waals surface area contributed by atoms with Crippen LogP contribution >= 0.6 is 27.3 Å². The molecule has 108 valence electrons. The van der Waals surface area contributed by atoms with E-state index in [1.807, 2.05) is 18.2 Å². The Labute approximate surface area is 132 Å². The van der Waals surface area contributed by atoms with Crippen LogP contribution < -0.4 is 4.72 Å².